The van der Waals surface area contributed by atoms with Crippen LogP contribution in [0.4, 0.5) is 5.95 Å². The first-order valence-corrected chi connectivity index (χ1v) is 9.21. The maximum Gasteiger partial charge on any atom is 0.253 e. The van der Waals surface area contributed by atoms with Gasteiger partial charge in [-0.05, 0) is 26.0 Å². The normalized spacial score (nSPS) is 21.8. The Morgan fingerprint density at radius 1 is 1.15 bits per heavy atom. The monoisotopic (exact) mass is 352 g/mol. The highest BCUT2D eigenvalue weighted by Crippen LogP contribution is 2.34. The van der Waals surface area contributed by atoms with Crippen LogP contribution in [0, 0.1) is 18.8 Å². The summed E-state index contributed by atoms with van der Waals surface area (Å²) in [5.74, 6) is 2.48. The van der Waals surface area contributed by atoms with Gasteiger partial charge in [-0.1, -0.05) is 18.2 Å². The average molecular weight is 352 g/mol. The Bertz CT molecular complexity index is 782. The predicted octanol–water partition coefficient (Wildman–Crippen LogP) is 2.39. The van der Waals surface area contributed by atoms with Gasteiger partial charge in [0.1, 0.15) is 0 Å². The van der Waals surface area contributed by atoms with E-state index in [1.54, 1.807) is 0 Å². The molecule has 0 N–H and O–H groups in total. The number of benzene rings is 1. The summed E-state index contributed by atoms with van der Waals surface area (Å²) >= 11 is 0. The van der Waals surface area contributed by atoms with Crippen LogP contribution in [-0.2, 0) is 0 Å². The maximum absolute atomic E-state index is 12.7. The summed E-state index contributed by atoms with van der Waals surface area (Å²) in [4.78, 5) is 25.9. The molecule has 3 heterocycles. The molecule has 6 heteroatoms. The fourth-order valence-electron chi connectivity index (χ4n) is 3.94. The molecule has 0 unspecified atom stereocenters. The summed E-state index contributed by atoms with van der Waals surface area (Å²) in [6.07, 6.45) is 1.83. The van der Waals surface area contributed by atoms with Crippen molar-refractivity contribution in [1.82, 2.24) is 14.9 Å². The zero-order valence-corrected chi connectivity index (χ0v) is 15.3. The van der Waals surface area contributed by atoms with Crippen LogP contribution in [-0.4, -0.2) is 53.6 Å². The Morgan fingerprint density at radius 3 is 2.50 bits per heavy atom. The fraction of sp³-hybridized carbons (Fsp3) is 0.450. The van der Waals surface area contributed by atoms with Gasteiger partial charge in [0, 0.05) is 55.3 Å². The molecule has 2 saturated heterocycles. The summed E-state index contributed by atoms with van der Waals surface area (Å²) in [5, 5.41) is 0. The van der Waals surface area contributed by atoms with Gasteiger partial charge in [0.05, 0.1) is 6.61 Å². The molecule has 26 heavy (non-hydrogen) atoms. The van der Waals surface area contributed by atoms with E-state index in [1.807, 2.05) is 55.3 Å². The molecular formula is C20H24N4O2. The summed E-state index contributed by atoms with van der Waals surface area (Å²) in [6.45, 7) is 7.90. The van der Waals surface area contributed by atoms with Gasteiger partial charge in [0.15, 0.2) is 0 Å². The fourth-order valence-corrected chi connectivity index (χ4v) is 3.94. The zero-order valence-electron chi connectivity index (χ0n) is 15.3. The van der Waals surface area contributed by atoms with Gasteiger partial charge in [-0.3, -0.25) is 4.79 Å². The highest BCUT2D eigenvalue weighted by Gasteiger charge is 2.42. The minimum Gasteiger partial charge on any atom is -0.478 e. The molecule has 0 spiro atoms. The Kier molecular flexibility index (Phi) is 4.49. The van der Waals surface area contributed by atoms with Crippen LogP contribution in [0.1, 0.15) is 22.8 Å². The number of hydrogen-bond donors (Lipinski definition) is 0. The number of nitrogens with zero attached hydrogens (tertiary/aromatic N) is 4. The van der Waals surface area contributed by atoms with E-state index in [0.717, 1.165) is 43.3 Å². The van der Waals surface area contributed by atoms with Crippen LogP contribution >= 0.6 is 0 Å². The highest BCUT2D eigenvalue weighted by molar-refractivity contribution is 5.94. The van der Waals surface area contributed by atoms with Gasteiger partial charge in [0.2, 0.25) is 11.8 Å². The van der Waals surface area contributed by atoms with E-state index in [9.17, 15) is 4.79 Å². The number of fused-ring (bicyclic) bond motifs is 1. The van der Waals surface area contributed by atoms with Gasteiger partial charge in [-0.2, -0.15) is 4.98 Å². The van der Waals surface area contributed by atoms with Gasteiger partial charge in [-0.25, -0.2) is 4.98 Å². The van der Waals surface area contributed by atoms with Crippen LogP contribution < -0.4 is 9.64 Å². The standard InChI is InChI=1S/C20H24N4O2/c1-3-26-18-14(2)9-21-20(22-18)24-12-16-10-23(11-17(16)13-24)19(25)15-7-5-4-6-8-15/h4-9,16-17H,3,10-13H2,1-2H3/t16-,17+. The van der Waals surface area contributed by atoms with E-state index < -0.39 is 0 Å². The Hall–Kier alpha value is -2.63. The zero-order chi connectivity index (χ0) is 18.1. The second kappa shape index (κ2) is 6.94. The van der Waals surface area contributed by atoms with E-state index in [2.05, 4.69) is 14.9 Å². The third-order valence-corrected chi connectivity index (χ3v) is 5.27. The van der Waals surface area contributed by atoms with Gasteiger partial charge in [0.25, 0.3) is 5.91 Å². The van der Waals surface area contributed by atoms with Crippen LogP contribution in [0.25, 0.3) is 0 Å². The molecule has 2 aliphatic rings. The number of aromatic nitrogens is 2. The Balaban J connectivity index is 1.42. The van der Waals surface area contributed by atoms with Crippen LogP contribution in [0.5, 0.6) is 5.88 Å². The molecule has 2 atom stereocenters. The van der Waals surface area contributed by atoms with Crippen molar-refractivity contribution in [2.24, 2.45) is 11.8 Å². The molecule has 1 amide bonds. The quantitative estimate of drug-likeness (QED) is 0.846. The molecule has 2 aliphatic heterocycles. The molecule has 2 fully saturated rings. The molecule has 4 rings (SSSR count). The Morgan fingerprint density at radius 2 is 1.85 bits per heavy atom. The molecule has 0 saturated carbocycles. The van der Waals surface area contributed by atoms with Crippen molar-refractivity contribution in [2.45, 2.75) is 13.8 Å². The average Bonchev–Trinajstić information content (AvgIpc) is 3.23. The minimum atomic E-state index is 0.136. The number of carbonyl (C=O) groups is 1. The van der Waals surface area contributed by atoms with Crippen molar-refractivity contribution in [1.29, 1.82) is 0 Å². The van der Waals surface area contributed by atoms with Crippen LogP contribution in [0.3, 0.4) is 0 Å². The van der Waals surface area contributed by atoms with Gasteiger partial charge in [-0.15, -0.1) is 0 Å². The third-order valence-electron chi connectivity index (χ3n) is 5.27. The van der Waals surface area contributed by atoms with E-state index in [0.29, 0.717) is 24.3 Å². The molecule has 136 valence electrons. The lowest BCUT2D eigenvalue weighted by molar-refractivity contribution is 0.0782. The van der Waals surface area contributed by atoms with Crippen molar-refractivity contribution in [3.05, 3.63) is 47.7 Å². The predicted molar refractivity (Wildman–Crippen MR) is 99.5 cm³/mol. The van der Waals surface area contributed by atoms with Crippen LogP contribution in [0.2, 0.25) is 0 Å². The molecule has 0 radical (unpaired) electrons. The van der Waals surface area contributed by atoms with E-state index in [-0.39, 0.29) is 5.91 Å². The second-order valence-corrected chi connectivity index (χ2v) is 7.09. The number of ether oxygens (including phenoxy) is 1. The van der Waals surface area contributed by atoms with Gasteiger partial charge < -0.3 is 14.5 Å². The number of likely N-dealkylation sites (tertiary alicyclic amines) is 1. The van der Waals surface area contributed by atoms with Gasteiger partial charge >= 0.3 is 0 Å². The second-order valence-electron chi connectivity index (χ2n) is 7.09. The van der Waals surface area contributed by atoms with E-state index in [1.165, 1.54) is 0 Å². The highest BCUT2D eigenvalue weighted by atomic mass is 16.5. The van der Waals surface area contributed by atoms with Crippen molar-refractivity contribution in [2.75, 3.05) is 37.7 Å². The summed E-state index contributed by atoms with van der Waals surface area (Å²) < 4.78 is 5.60. The molecule has 0 bridgehead atoms. The largest absolute Gasteiger partial charge is 0.478 e. The molecule has 2 aromatic rings. The number of hydrogen-bond acceptors (Lipinski definition) is 5. The number of amides is 1. The maximum atomic E-state index is 12.7. The van der Waals surface area contributed by atoms with E-state index in [4.69, 9.17) is 4.74 Å². The Labute approximate surface area is 153 Å². The molecule has 6 nitrogen and oxygen atoms in total. The summed E-state index contributed by atoms with van der Waals surface area (Å²) in [6, 6.07) is 9.54. The summed E-state index contributed by atoms with van der Waals surface area (Å²) in [7, 11) is 0. The lowest BCUT2D eigenvalue weighted by atomic mass is 10.0. The topological polar surface area (TPSA) is 58.6 Å². The molecular weight excluding hydrogens is 328 g/mol. The lowest BCUT2D eigenvalue weighted by Gasteiger charge is -2.22. The minimum absolute atomic E-state index is 0.136. The lowest BCUT2D eigenvalue weighted by Crippen LogP contribution is -2.33. The summed E-state index contributed by atoms with van der Waals surface area (Å²) in [5.41, 5.74) is 1.72. The number of aryl methyl sites for hydroxylation is 1. The SMILES string of the molecule is CCOc1nc(N2C[C@H]3CN(C(=O)c4ccccc4)C[C@H]3C2)ncc1C. The first-order chi connectivity index (χ1) is 12.7. The van der Waals surface area contributed by atoms with E-state index >= 15 is 0 Å². The third kappa shape index (κ3) is 3.11. The molecule has 0 aliphatic carbocycles. The van der Waals surface area contributed by atoms with Crippen molar-refractivity contribution >= 4 is 11.9 Å². The number of carbonyl (C=O) groups excluding carboxylic acids is 1. The first kappa shape index (κ1) is 16.8. The van der Waals surface area contributed by atoms with Crippen molar-refractivity contribution < 1.29 is 9.53 Å². The molecule has 1 aromatic heterocycles. The van der Waals surface area contributed by atoms with Crippen LogP contribution in [0.15, 0.2) is 36.5 Å². The van der Waals surface area contributed by atoms with Crippen molar-refractivity contribution in [3.63, 3.8) is 0 Å². The number of anilines is 1. The molecule has 1 aromatic carbocycles. The smallest absolute Gasteiger partial charge is 0.253 e. The number of rotatable bonds is 4. The van der Waals surface area contributed by atoms with Crippen molar-refractivity contribution in [3.8, 4) is 5.88 Å². The first-order valence-electron chi connectivity index (χ1n) is 9.21.